The predicted octanol–water partition coefficient (Wildman–Crippen LogP) is 6.65. The zero-order valence-corrected chi connectivity index (χ0v) is 16.3. The number of hydrogen-bond donors (Lipinski definition) is 0. The molecule has 0 bridgehead atoms. The summed E-state index contributed by atoms with van der Waals surface area (Å²) in [4.78, 5) is 25.0. The number of hydrogen-bond acceptors (Lipinski definition) is 2. The van der Waals surface area contributed by atoms with Crippen LogP contribution in [0.4, 0.5) is 0 Å². The van der Waals surface area contributed by atoms with Crippen molar-refractivity contribution in [1.29, 1.82) is 0 Å². The van der Waals surface area contributed by atoms with E-state index in [1.165, 1.54) is 64.2 Å². The molecule has 0 spiro atoms. The van der Waals surface area contributed by atoms with Crippen molar-refractivity contribution < 1.29 is 9.59 Å². The van der Waals surface area contributed by atoms with Gasteiger partial charge in [-0.2, -0.15) is 0 Å². The van der Waals surface area contributed by atoms with E-state index in [-0.39, 0.29) is 23.4 Å². The third kappa shape index (κ3) is 9.59. The number of carbonyl (C=O) groups excluding carboxylic acids is 2. The second kappa shape index (κ2) is 13.6. The molecule has 140 valence electrons. The molecule has 0 aromatic heterocycles. The molecular weight excluding hydrogens is 296 g/mol. The lowest BCUT2D eigenvalue weighted by Gasteiger charge is -2.18. The summed E-state index contributed by atoms with van der Waals surface area (Å²) in [6.07, 6.45) is 18.8. The van der Waals surface area contributed by atoms with Crippen LogP contribution in [-0.2, 0) is 9.59 Å². The van der Waals surface area contributed by atoms with Crippen LogP contribution < -0.4 is 0 Å². The molecular formula is C22H40O2. The largest absolute Gasteiger partial charge is 0.299 e. The van der Waals surface area contributed by atoms with Crippen LogP contribution >= 0.6 is 0 Å². The monoisotopic (exact) mass is 336 g/mol. The highest BCUT2D eigenvalue weighted by Crippen LogP contribution is 2.21. The molecule has 0 saturated heterocycles. The molecule has 1 fully saturated rings. The SMILES string of the molecule is CC(C)C1C(=O)CCCCCCCCCCCCCCCCC1=O. The van der Waals surface area contributed by atoms with E-state index < -0.39 is 0 Å². The standard InChI is InChI=1S/C22H40O2/c1-19(2)22-20(23)17-15-13-11-9-7-5-3-4-6-8-10-12-14-16-18-21(22)24/h19,22H,3-18H2,1-2H3. The van der Waals surface area contributed by atoms with E-state index in [0.29, 0.717) is 12.8 Å². The summed E-state index contributed by atoms with van der Waals surface area (Å²) in [5.74, 6) is 0.215. The third-order valence-electron chi connectivity index (χ3n) is 5.46. The average Bonchev–Trinajstić information content (AvgIpc) is 2.53. The summed E-state index contributed by atoms with van der Waals surface area (Å²) in [5.41, 5.74) is 0. The predicted molar refractivity (Wildman–Crippen MR) is 102 cm³/mol. The molecule has 1 aliphatic carbocycles. The summed E-state index contributed by atoms with van der Waals surface area (Å²) in [5, 5.41) is 0. The minimum Gasteiger partial charge on any atom is -0.299 e. The average molecular weight is 337 g/mol. The van der Waals surface area contributed by atoms with Crippen molar-refractivity contribution in [2.75, 3.05) is 0 Å². The van der Waals surface area contributed by atoms with Gasteiger partial charge in [-0.1, -0.05) is 90.9 Å². The Bertz CT molecular complexity index is 316. The molecule has 0 N–H and O–H groups in total. The molecule has 0 unspecified atom stereocenters. The van der Waals surface area contributed by atoms with Crippen LogP contribution in [-0.4, -0.2) is 11.6 Å². The van der Waals surface area contributed by atoms with Gasteiger partial charge in [0.25, 0.3) is 0 Å². The Balaban J connectivity index is 2.46. The molecule has 0 atom stereocenters. The zero-order chi connectivity index (χ0) is 17.6. The van der Waals surface area contributed by atoms with Gasteiger partial charge in [0.15, 0.2) is 0 Å². The van der Waals surface area contributed by atoms with Crippen LogP contribution in [0.3, 0.4) is 0 Å². The van der Waals surface area contributed by atoms with E-state index in [9.17, 15) is 9.59 Å². The molecule has 0 amide bonds. The highest BCUT2D eigenvalue weighted by atomic mass is 16.1. The maximum Gasteiger partial charge on any atom is 0.143 e. The second-order valence-electron chi connectivity index (χ2n) is 8.10. The van der Waals surface area contributed by atoms with Crippen molar-refractivity contribution in [3.63, 3.8) is 0 Å². The van der Waals surface area contributed by atoms with Gasteiger partial charge in [-0.15, -0.1) is 0 Å². The normalized spacial score (nSPS) is 22.8. The summed E-state index contributed by atoms with van der Waals surface area (Å²) in [6.45, 7) is 4.05. The first kappa shape index (κ1) is 21.4. The first-order chi connectivity index (χ1) is 11.6. The van der Waals surface area contributed by atoms with Gasteiger partial charge in [0, 0.05) is 12.8 Å². The summed E-state index contributed by atoms with van der Waals surface area (Å²) in [6, 6.07) is 0. The number of ketones is 2. The Kier molecular flexibility index (Phi) is 12.1. The van der Waals surface area contributed by atoms with E-state index in [2.05, 4.69) is 0 Å². The van der Waals surface area contributed by atoms with Gasteiger partial charge in [0.2, 0.25) is 0 Å². The minimum absolute atomic E-state index is 0.152. The lowest BCUT2D eigenvalue weighted by Crippen LogP contribution is -2.28. The third-order valence-corrected chi connectivity index (χ3v) is 5.46. The Morgan fingerprint density at radius 1 is 0.542 bits per heavy atom. The first-order valence-electron chi connectivity index (χ1n) is 10.7. The first-order valence-corrected chi connectivity index (χ1v) is 10.7. The highest BCUT2D eigenvalue weighted by Gasteiger charge is 2.28. The lowest BCUT2D eigenvalue weighted by atomic mass is 9.83. The number of Topliss-reactive ketones (excluding diaryl/α,β-unsaturated/α-hetero) is 2. The molecule has 0 aliphatic heterocycles. The number of carbonyl (C=O) groups is 2. The molecule has 0 aromatic rings. The van der Waals surface area contributed by atoms with Crippen molar-refractivity contribution >= 4 is 11.6 Å². The summed E-state index contributed by atoms with van der Waals surface area (Å²) >= 11 is 0. The molecule has 0 heterocycles. The maximum absolute atomic E-state index is 12.5. The Morgan fingerprint density at radius 3 is 1.04 bits per heavy atom. The molecule has 2 nitrogen and oxygen atoms in total. The van der Waals surface area contributed by atoms with Gasteiger partial charge >= 0.3 is 0 Å². The molecule has 24 heavy (non-hydrogen) atoms. The summed E-state index contributed by atoms with van der Waals surface area (Å²) in [7, 11) is 0. The van der Waals surface area contributed by atoms with Gasteiger partial charge in [0.05, 0.1) is 5.92 Å². The van der Waals surface area contributed by atoms with Crippen LogP contribution in [0.5, 0.6) is 0 Å². The van der Waals surface area contributed by atoms with Gasteiger partial charge in [-0.05, 0) is 18.8 Å². The zero-order valence-electron chi connectivity index (χ0n) is 16.3. The van der Waals surface area contributed by atoms with Crippen LogP contribution in [0.2, 0.25) is 0 Å². The molecule has 2 heteroatoms. The van der Waals surface area contributed by atoms with Gasteiger partial charge < -0.3 is 0 Å². The number of rotatable bonds is 1. The van der Waals surface area contributed by atoms with Crippen LogP contribution in [0.1, 0.15) is 117 Å². The smallest absolute Gasteiger partial charge is 0.143 e. The Hall–Kier alpha value is -0.660. The fourth-order valence-electron chi connectivity index (χ4n) is 3.95. The maximum atomic E-state index is 12.5. The Labute approximate surface area is 150 Å². The van der Waals surface area contributed by atoms with Crippen LogP contribution in [0.15, 0.2) is 0 Å². The fraction of sp³-hybridized carbons (Fsp3) is 0.909. The van der Waals surface area contributed by atoms with Crippen molar-refractivity contribution in [3.05, 3.63) is 0 Å². The molecule has 0 aromatic carbocycles. The fourth-order valence-corrected chi connectivity index (χ4v) is 3.95. The highest BCUT2D eigenvalue weighted by molar-refractivity contribution is 6.02. The topological polar surface area (TPSA) is 34.1 Å². The quantitative estimate of drug-likeness (QED) is 0.502. The van der Waals surface area contributed by atoms with E-state index in [1.54, 1.807) is 0 Å². The minimum atomic E-state index is -0.341. The van der Waals surface area contributed by atoms with Crippen molar-refractivity contribution in [2.45, 2.75) is 117 Å². The van der Waals surface area contributed by atoms with E-state index >= 15 is 0 Å². The van der Waals surface area contributed by atoms with Crippen molar-refractivity contribution in [3.8, 4) is 0 Å². The van der Waals surface area contributed by atoms with Gasteiger partial charge in [-0.25, -0.2) is 0 Å². The Morgan fingerprint density at radius 2 is 0.792 bits per heavy atom. The van der Waals surface area contributed by atoms with E-state index in [1.807, 2.05) is 13.8 Å². The molecule has 0 radical (unpaired) electrons. The van der Waals surface area contributed by atoms with Crippen molar-refractivity contribution in [1.82, 2.24) is 0 Å². The van der Waals surface area contributed by atoms with E-state index in [4.69, 9.17) is 0 Å². The summed E-state index contributed by atoms with van der Waals surface area (Å²) < 4.78 is 0. The van der Waals surface area contributed by atoms with Crippen LogP contribution in [0.25, 0.3) is 0 Å². The second-order valence-corrected chi connectivity index (χ2v) is 8.10. The van der Waals surface area contributed by atoms with Crippen LogP contribution in [0, 0.1) is 11.8 Å². The lowest BCUT2D eigenvalue weighted by molar-refractivity contribution is -0.134. The molecule has 1 rings (SSSR count). The molecule has 1 saturated carbocycles. The van der Waals surface area contributed by atoms with Gasteiger partial charge in [-0.3, -0.25) is 9.59 Å². The molecule has 1 aliphatic rings. The van der Waals surface area contributed by atoms with E-state index in [0.717, 1.165) is 25.7 Å². The van der Waals surface area contributed by atoms with Gasteiger partial charge in [0.1, 0.15) is 11.6 Å². The van der Waals surface area contributed by atoms with Crippen molar-refractivity contribution in [2.24, 2.45) is 11.8 Å².